The first kappa shape index (κ1) is 16.2. The Morgan fingerprint density at radius 3 is 2.32 bits per heavy atom. The Bertz CT molecular complexity index is 757. The highest BCUT2D eigenvalue weighted by molar-refractivity contribution is 7.87. The summed E-state index contributed by atoms with van der Waals surface area (Å²) < 4.78 is 28.9. The Labute approximate surface area is 129 Å². The monoisotopic (exact) mass is 319 g/mol. The first-order valence-electron chi connectivity index (χ1n) is 6.73. The van der Waals surface area contributed by atoms with E-state index in [1.807, 2.05) is 30.3 Å². The SMILES string of the molecule is Cc1ccccc1S(=O)(=O)OC(=O)[C@@H](N)Cc1ccccc1. The van der Waals surface area contributed by atoms with Gasteiger partial charge in [-0.2, -0.15) is 8.42 Å². The number of benzene rings is 2. The average molecular weight is 319 g/mol. The van der Waals surface area contributed by atoms with Gasteiger partial charge >= 0.3 is 16.1 Å². The number of carbonyl (C=O) groups excluding carboxylic acids is 1. The minimum Gasteiger partial charge on any atom is -0.341 e. The molecule has 2 aromatic carbocycles. The zero-order valence-corrected chi connectivity index (χ0v) is 12.9. The fourth-order valence-electron chi connectivity index (χ4n) is 2.00. The lowest BCUT2D eigenvalue weighted by Crippen LogP contribution is -2.35. The van der Waals surface area contributed by atoms with Crippen LogP contribution in [0.5, 0.6) is 0 Å². The second-order valence-corrected chi connectivity index (χ2v) is 6.43. The summed E-state index contributed by atoms with van der Waals surface area (Å²) in [5.41, 5.74) is 7.07. The molecule has 0 amide bonds. The molecule has 0 saturated carbocycles. The van der Waals surface area contributed by atoms with Crippen LogP contribution in [-0.2, 0) is 25.5 Å². The molecule has 22 heavy (non-hydrogen) atoms. The molecule has 0 bridgehead atoms. The van der Waals surface area contributed by atoms with E-state index in [1.165, 1.54) is 6.07 Å². The average Bonchev–Trinajstić information content (AvgIpc) is 2.48. The molecule has 5 nitrogen and oxygen atoms in total. The fraction of sp³-hybridized carbons (Fsp3) is 0.188. The summed E-state index contributed by atoms with van der Waals surface area (Å²) in [5, 5.41) is 0. The molecule has 0 aliphatic rings. The van der Waals surface area contributed by atoms with Gasteiger partial charge in [-0.3, -0.25) is 0 Å². The number of hydrogen-bond donors (Lipinski definition) is 1. The molecule has 0 aromatic heterocycles. The quantitative estimate of drug-likeness (QED) is 0.849. The van der Waals surface area contributed by atoms with Gasteiger partial charge in [0.25, 0.3) is 0 Å². The van der Waals surface area contributed by atoms with Crippen LogP contribution in [0, 0.1) is 6.92 Å². The van der Waals surface area contributed by atoms with Gasteiger partial charge in [0.2, 0.25) is 0 Å². The third-order valence-electron chi connectivity index (χ3n) is 3.16. The maximum absolute atomic E-state index is 12.1. The molecule has 0 unspecified atom stereocenters. The third kappa shape index (κ3) is 3.93. The molecular weight excluding hydrogens is 302 g/mol. The normalized spacial score (nSPS) is 12.6. The van der Waals surface area contributed by atoms with Crippen LogP contribution in [-0.4, -0.2) is 20.4 Å². The lowest BCUT2D eigenvalue weighted by atomic mass is 10.1. The molecule has 1 atom stereocenters. The van der Waals surface area contributed by atoms with Crippen molar-refractivity contribution in [2.75, 3.05) is 0 Å². The first-order chi connectivity index (χ1) is 10.4. The molecular formula is C16H17NO4S. The van der Waals surface area contributed by atoms with Crippen LogP contribution in [0.25, 0.3) is 0 Å². The first-order valence-corrected chi connectivity index (χ1v) is 8.14. The van der Waals surface area contributed by atoms with Crippen molar-refractivity contribution in [3.63, 3.8) is 0 Å². The van der Waals surface area contributed by atoms with Crippen molar-refractivity contribution >= 4 is 16.1 Å². The second kappa shape index (κ2) is 6.72. The second-order valence-electron chi connectivity index (χ2n) is 4.92. The van der Waals surface area contributed by atoms with Crippen molar-refractivity contribution in [2.45, 2.75) is 24.3 Å². The van der Waals surface area contributed by atoms with Crippen LogP contribution in [0.4, 0.5) is 0 Å². The Kier molecular flexibility index (Phi) is 4.95. The zero-order chi connectivity index (χ0) is 16.2. The number of nitrogens with two attached hydrogens (primary N) is 1. The van der Waals surface area contributed by atoms with Crippen molar-refractivity contribution in [3.8, 4) is 0 Å². The number of hydrogen-bond acceptors (Lipinski definition) is 5. The molecule has 2 aromatic rings. The summed E-state index contributed by atoms with van der Waals surface area (Å²) in [6, 6.07) is 14.3. The minimum absolute atomic E-state index is 0.0322. The molecule has 116 valence electrons. The van der Waals surface area contributed by atoms with E-state index < -0.39 is 22.1 Å². The minimum atomic E-state index is -4.16. The van der Waals surface area contributed by atoms with Gasteiger partial charge in [0, 0.05) is 0 Å². The lowest BCUT2D eigenvalue weighted by Gasteiger charge is -2.12. The van der Waals surface area contributed by atoms with Crippen LogP contribution in [0.15, 0.2) is 59.5 Å². The van der Waals surface area contributed by atoms with Crippen LogP contribution in [0.1, 0.15) is 11.1 Å². The predicted octanol–water partition coefficient (Wildman–Crippen LogP) is 1.80. The molecule has 0 radical (unpaired) electrons. The molecule has 0 aliphatic heterocycles. The molecule has 0 aliphatic carbocycles. The van der Waals surface area contributed by atoms with Gasteiger partial charge in [0.05, 0.1) is 0 Å². The van der Waals surface area contributed by atoms with E-state index in [2.05, 4.69) is 4.18 Å². The maximum Gasteiger partial charge on any atom is 0.342 e. The molecule has 2 rings (SSSR count). The van der Waals surface area contributed by atoms with E-state index in [-0.39, 0.29) is 11.3 Å². The summed E-state index contributed by atoms with van der Waals surface area (Å²) in [5.74, 6) is -0.966. The van der Waals surface area contributed by atoms with E-state index in [1.54, 1.807) is 25.1 Å². The van der Waals surface area contributed by atoms with Crippen LogP contribution < -0.4 is 5.73 Å². The molecule has 0 saturated heterocycles. The largest absolute Gasteiger partial charge is 0.342 e. The summed E-state index contributed by atoms with van der Waals surface area (Å²) in [4.78, 5) is 11.9. The highest BCUT2D eigenvalue weighted by Gasteiger charge is 2.25. The smallest absolute Gasteiger partial charge is 0.341 e. The van der Waals surface area contributed by atoms with E-state index in [9.17, 15) is 13.2 Å². The molecule has 0 fully saturated rings. The summed E-state index contributed by atoms with van der Waals surface area (Å²) >= 11 is 0. The van der Waals surface area contributed by atoms with E-state index in [0.29, 0.717) is 5.56 Å². The summed E-state index contributed by atoms with van der Waals surface area (Å²) in [6.07, 6.45) is 0.211. The van der Waals surface area contributed by atoms with Gasteiger partial charge in [0.1, 0.15) is 10.9 Å². The molecule has 6 heteroatoms. The van der Waals surface area contributed by atoms with Crippen molar-refractivity contribution in [3.05, 3.63) is 65.7 Å². The summed E-state index contributed by atoms with van der Waals surface area (Å²) in [6.45, 7) is 1.63. The van der Waals surface area contributed by atoms with E-state index >= 15 is 0 Å². The van der Waals surface area contributed by atoms with E-state index in [4.69, 9.17) is 5.73 Å². The van der Waals surface area contributed by atoms with Gasteiger partial charge < -0.3 is 9.92 Å². The van der Waals surface area contributed by atoms with Gasteiger partial charge in [-0.15, -0.1) is 0 Å². The van der Waals surface area contributed by atoms with Crippen molar-refractivity contribution in [1.82, 2.24) is 0 Å². The predicted molar refractivity (Wildman–Crippen MR) is 82.6 cm³/mol. The molecule has 0 spiro atoms. The Hall–Kier alpha value is -2.18. The van der Waals surface area contributed by atoms with Crippen molar-refractivity contribution in [2.24, 2.45) is 5.73 Å². The molecule has 0 heterocycles. The Morgan fingerprint density at radius 1 is 1.09 bits per heavy atom. The number of carbonyl (C=O) groups is 1. The third-order valence-corrected chi connectivity index (χ3v) is 4.54. The highest BCUT2D eigenvalue weighted by Crippen LogP contribution is 2.17. The lowest BCUT2D eigenvalue weighted by molar-refractivity contribution is -0.135. The standard InChI is InChI=1S/C16H17NO4S/c1-12-7-5-6-10-15(12)22(19,20)21-16(18)14(17)11-13-8-3-2-4-9-13/h2-10,14H,11,17H2,1H3/t14-/m0/s1. The van der Waals surface area contributed by atoms with Gasteiger partial charge in [-0.05, 0) is 30.5 Å². The number of aryl methyl sites for hydroxylation is 1. The number of rotatable bonds is 5. The molecule has 2 N–H and O–H groups in total. The van der Waals surface area contributed by atoms with Crippen molar-refractivity contribution in [1.29, 1.82) is 0 Å². The Balaban J connectivity index is 2.09. The van der Waals surface area contributed by atoms with Gasteiger partial charge in [-0.1, -0.05) is 48.5 Å². The fourth-order valence-corrected chi connectivity index (χ4v) is 3.14. The van der Waals surface area contributed by atoms with Gasteiger partial charge in [0.15, 0.2) is 0 Å². The topological polar surface area (TPSA) is 86.5 Å². The van der Waals surface area contributed by atoms with Crippen LogP contribution >= 0.6 is 0 Å². The highest BCUT2D eigenvalue weighted by atomic mass is 32.2. The Morgan fingerprint density at radius 2 is 1.68 bits per heavy atom. The summed E-state index contributed by atoms with van der Waals surface area (Å²) in [7, 11) is -4.16. The maximum atomic E-state index is 12.1. The van der Waals surface area contributed by atoms with Crippen LogP contribution in [0.3, 0.4) is 0 Å². The van der Waals surface area contributed by atoms with E-state index in [0.717, 1.165) is 5.56 Å². The van der Waals surface area contributed by atoms with Crippen LogP contribution in [0.2, 0.25) is 0 Å². The van der Waals surface area contributed by atoms with Gasteiger partial charge in [-0.25, -0.2) is 4.79 Å². The zero-order valence-electron chi connectivity index (χ0n) is 12.1. The van der Waals surface area contributed by atoms with Crippen molar-refractivity contribution < 1.29 is 17.4 Å².